The number of hydrogen-bond acceptors (Lipinski definition) is 3. The summed E-state index contributed by atoms with van der Waals surface area (Å²) in [4.78, 5) is 0. The molecule has 0 spiro atoms. The van der Waals surface area contributed by atoms with E-state index in [1.807, 2.05) is 0 Å². The summed E-state index contributed by atoms with van der Waals surface area (Å²) < 4.78 is 5.49. The second kappa shape index (κ2) is 7.46. The lowest BCUT2D eigenvalue weighted by molar-refractivity contribution is 0.00923. The first-order valence-electron chi connectivity index (χ1n) is 7.53. The largest absolute Gasteiger partial charge is 0.379 e. The van der Waals surface area contributed by atoms with Crippen LogP contribution in [0.2, 0.25) is 0 Å². The normalized spacial score (nSPS) is 27.2. The van der Waals surface area contributed by atoms with E-state index in [0.717, 1.165) is 24.7 Å². The zero-order chi connectivity index (χ0) is 13.6. The van der Waals surface area contributed by atoms with E-state index in [0.29, 0.717) is 6.04 Å². The number of ether oxygens (including phenoxy) is 1. The standard InChI is InChI=1S/C15H32N2O/c1-5-12-6-8-13(9-7-12)14(17-16)10-11-15(2,3)18-4/h12-14,17H,5-11,16H2,1-4H3. The van der Waals surface area contributed by atoms with Crippen LogP contribution in [-0.2, 0) is 4.74 Å². The van der Waals surface area contributed by atoms with Gasteiger partial charge in [-0.1, -0.05) is 26.2 Å². The van der Waals surface area contributed by atoms with Crippen molar-refractivity contribution in [1.29, 1.82) is 0 Å². The predicted octanol–water partition coefficient (Wildman–Crippen LogP) is 3.24. The summed E-state index contributed by atoms with van der Waals surface area (Å²) in [6.45, 7) is 6.61. The van der Waals surface area contributed by atoms with E-state index in [4.69, 9.17) is 10.6 Å². The minimum absolute atomic E-state index is 0.0320. The van der Waals surface area contributed by atoms with E-state index in [2.05, 4.69) is 26.2 Å². The molecule has 1 rings (SSSR count). The van der Waals surface area contributed by atoms with E-state index in [1.165, 1.54) is 32.1 Å². The van der Waals surface area contributed by atoms with Crippen LogP contribution in [0.15, 0.2) is 0 Å². The molecule has 1 aliphatic rings. The lowest BCUT2D eigenvalue weighted by Crippen LogP contribution is -2.43. The highest BCUT2D eigenvalue weighted by Crippen LogP contribution is 2.34. The summed E-state index contributed by atoms with van der Waals surface area (Å²) in [5.74, 6) is 7.46. The first kappa shape index (κ1) is 15.9. The van der Waals surface area contributed by atoms with Crippen LogP contribution in [0.4, 0.5) is 0 Å². The zero-order valence-corrected chi connectivity index (χ0v) is 12.7. The van der Waals surface area contributed by atoms with Crippen molar-refractivity contribution < 1.29 is 4.74 Å². The number of methoxy groups -OCH3 is 1. The van der Waals surface area contributed by atoms with Gasteiger partial charge in [-0.25, -0.2) is 0 Å². The Labute approximate surface area is 113 Å². The van der Waals surface area contributed by atoms with Crippen molar-refractivity contribution in [3.05, 3.63) is 0 Å². The molecule has 3 heteroatoms. The Morgan fingerprint density at radius 3 is 2.33 bits per heavy atom. The van der Waals surface area contributed by atoms with Crippen LogP contribution in [-0.4, -0.2) is 18.8 Å². The van der Waals surface area contributed by atoms with Crippen LogP contribution < -0.4 is 11.3 Å². The molecule has 1 atom stereocenters. The van der Waals surface area contributed by atoms with Crippen molar-refractivity contribution >= 4 is 0 Å². The van der Waals surface area contributed by atoms with Crippen LogP contribution in [0.25, 0.3) is 0 Å². The summed E-state index contributed by atoms with van der Waals surface area (Å²) in [7, 11) is 1.79. The van der Waals surface area contributed by atoms with Crippen LogP contribution in [0.5, 0.6) is 0 Å². The Balaban J connectivity index is 2.37. The van der Waals surface area contributed by atoms with Gasteiger partial charge >= 0.3 is 0 Å². The molecule has 0 radical (unpaired) electrons. The highest BCUT2D eigenvalue weighted by molar-refractivity contribution is 4.82. The number of rotatable bonds is 7. The van der Waals surface area contributed by atoms with Gasteiger partial charge in [-0.2, -0.15) is 0 Å². The van der Waals surface area contributed by atoms with Gasteiger partial charge < -0.3 is 4.74 Å². The van der Waals surface area contributed by atoms with Gasteiger partial charge in [0.1, 0.15) is 0 Å². The molecule has 0 aromatic rings. The summed E-state index contributed by atoms with van der Waals surface area (Å²) in [5, 5.41) is 0. The maximum absolute atomic E-state index is 5.75. The molecule has 1 aliphatic carbocycles. The lowest BCUT2D eigenvalue weighted by atomic mass is 9.76. The zero-order valence-electron chi connectivity index (χ0n) is 12.7. The Bertz CT molecular complexity index is 223. The average molecular weight is 256 g/mol. The van der Waals surface area contributed by atoms with E-state index in [1.54, 1.807) is 7.11 Å². The molecule has 1 unspecified atom stereocenters. The molecular weight excluding hydrogens is 224 g/mol. The van der Waals surface area contributed by atoms with Crippen molar-refractivity contribution in [2.75, 3.05) is 7.11 Å². The van der Waals surface area contributed by atoms with E-state index in [9.17, 15) is 0 Å². The van der Waals surface area contributed by atoms with Crippen LogP contribution in [0, 0.1) is 11.8 Å². The van der Waals surface area contributed by atoms with E-state index in [-0.39, 0.29) is 5.60 Å². The molecule has 0 aromatic carbocycles. The molecule has 0 amide bonds. The van der Waals surface area contributed by atoms with Crippen molar-refractivity contribution in [2.45, 2.75) is 77.4 Å². The maximum Gasteiger partial charge on any atom is 0.0623 e. The third-order valence-electron chi connectivity index (χ3n) is 4.86. The quantitative estimate of drug-likeness (QED) is 0.543. The van der Waals surface area contributed by atoms with Gasteiger partial charge in [0, 0.05) is 13.2 Å². The van der Waals surface area contributed by atoms with Gasteiger partial charge in [-0.3, -0.25) is 11.3 Å². The van der Waals surface area contributed by atoms with E-state index >= 15 is 0 Å². The Kier molecular flexibility index (Phi) is 6.61. The molecule has 108 valence electrons. The fourth-order valence-corrected chi connectivity index (χ4v) is 3.06. The third kappa shape index (κ3) is 4.87. The summed E-state index contributed by atoms with van der Waals surface area (Å²) in [6.07, 6.45) is 8.94. The smallest absolute Gasteiger partial charge is 0.0623 e. The van der Waals surface area contributed by atoms with Gasteiger partial charge in [0.25, 0.3) is 0 Å². The molecule has 0 heterocycles. The fraction of sp³-hybridized carbons (Fsp3) is 1.00. The predicted molar refractivity (Wildman–Crippen MR) is 77.2 cm³/mol. The molecular formula is C15H32N2O. The first-order chi connectivity index (χ1) is 8.52. The fourth-order valence-electron chi connectivity index (χ4n) is 3.06. The third-order valence-corrected chi connectivity index (χ3v) is 4.86. The van der Waals surface area contributed by atoms with Crippen LogP contribution >= 0.6 is 0 Å². The molecule has 0 bridgehead atoms. The van der Waals surface area contributed by atoms with Gasteiger partial charge in [0.2, 0.25) is 0 Å². The van der Waals surface area contributed by atoms with Gasteiger partial charge in [-0.05, 0) is 51.4 Å². The van der Waals surface area contributed by atoms with Gasteiger partial charge in [0.05, 0.1) is 5.60 Å². The summed E-state index contributed by atoms with van der Waals surface area (Å²) >= 11 is 0. The summed E-state index contributed by atoms with van der Waals surface area (Å²) in [5.41, 5.74) is 3.01. The second-order valence-corrected chi connectivity index (χ2v) is 6.46. The van der Waals surface area contributed by atoms with Gasteiger partial charge in [0.15, 0.2) is 0 Å². The average Bonchev–Trinajstić information content (AvgIpc) is 2.40. The number of hydrazine groups is 1. The second-order valence-electron chi connectivity index (χ2n) is 6.46. The highest BCUT2D eigenvalue weighted by atomic mass is 16.5. The minimum atomic E-state index is -0.0320. The minimum Gasteiger partial charge on any atom is -0.379 e. The van der Waals surface area contributed by atoms with Gasteiger partial charge in [-0.15, -0.1) is 0 Å². The van der Waals surface area contributed by atoms with Crippen molar-refractivity contribution in [3.63, 3.8) is 0 Å². The molecule has 18 heavy (non-hydrogen) atoms. The Morgan fingerprint density at radius 2 is 1.89 bits per heavy atom. The number of nitrogens with two attached hydrogens (primary N) is 1. The Hall–Kier alpha value is -0.120. The van der Waals surface area contributed by atoms with E-state index < -0.39 is 0 Å². The molecule has 0 aliphatic heterocycles. The van der Waals surface area contributed by atoms with Crippen LogP contribution in [0.1, 0.15) is 65.7 Å². The number of hydrogen-bond donors (Lipinski definition) is 2. The topological polar surface area (TPSA) is 47.3 Å². The monoisotopic (exact) mass is 256 g/mol. The molecule has 0 saturated heterocycles. The first-order valence-corrected chi connectivity index (χ1v) is 7.53. The van der Waals surface area contributed by atoms with Crippen molar-refractivity contribution in [2.24, 2.45) is 17.7 Å². The Morgan fingerprint density at radius 1 is 1.28 bits per heavy atom. The highest BCUT2D eigenvalue weighted by Gasteiger charge is 2.28. The summed E-state index contributed by atoms with van der Waals surface area (Å²) in [6, 6.07) is 0.456. The lowest BCUT2D eigenvalue weighted by Gasteiger charge is -2.34. The SMILES string of the molecule is CCC1CCC(C(CCC(C)(C)OC)NN)CC1. The molecule has 0 aromatic heterocycles. The van der Waals surface area contributed by atoms with Crippen molar-refractivity contribution in [1.82, 2.24) is 5.43 Å². The molecule has 1 fully saturated rings. The van der Waals surface area contributed by atoms with Crippen LogP contribution in [0.3, 0.4) is 0 Å². The maximum atomic E-state index is 5.75. The molecule has 1 saturated carbocycles. The van der Waals surface area contributed by atoms with Crippen molar-refractivity contribution in [3.8, 4) is 0 Å². The number of nitrogens with one attached hydrogen (secondary N) is 1. The molecule has 3 N–H and O–H groups in total. The molecule has 3 nitrogen and oxygen atoms in total.